The first-order chi connectivity index (χ1) is 9.95. The number of hydrogen-bond acceptors (Lipinski definition) is 3. The van der Waals surface area contributed by atoms with Gasteiger partial charge in [0.1, 0.15) is 0 Å². The summed E-state index contributed by atoms with van der Waals surface area (Å²) in [6.45, 7) is 4.27. The molecular weight excluding hydrogens is 350 g/mol. The maximum atomic E-state index is 10.8. The molecular formula is C15H18BrN3OS. The van der Waals surface area contributed by atoms with Crippen LogP contribution in [0.4, 0.5) is 10.5 Å². The normalized spacial score (nSPS) is 13.7. The fraction of sp³-hybridized carbons (Fsp3) is 0.267. The van der Waals surface area contributed by atoms with Crippen LogP contribution in [0.1, 0.15) is 36.4 Å². The summed E-state index contributed by atoms with van der Waals surface area (Å²) in [5.41, 5.74) is 6.95. The molecule has 112 valence electrons. The fourth-order valence-electron chi connectivity index (χ4n) is 2.11. The average molecular weight is 368 g/mol. The van der Waals surface area contributed by atoms with Crippen molar-refractivity contribution in [3.05, 3.63) is 50.6 Å². The van der Waals surface area contributed by atoms with Crippen molar-refractivity contribution in [3.8, 4) is 0 Å². The highest BCUT2D eigenvalue weighted by atomic mass is 79.9. The predicted octanol–water partition coefficient (Wildman–Crippen LogP) is 4.41. The Morgan fingerprint density at radius 1 is 1.24 bits per heavy atom. The molecule has 2 atom stereocenters. The molecule has 1 heterocycles. The summed E-state index contributed by atoms with van der Waals surface area (Å²) in [6.07, 6.45) is 0. The number of nitrogens with two attached hydrogens (primary N) is 1. The minimum absolute atomic E-state index is 0.212. The summed E-state index contributed by atoms with van der Waals surface area (Å²) in [6, 6.07) is 9.75. The molecule has 4 nitrogen and oxygen atoms in total. The SMILES string of the molecule is CC(NC(C)c1cc(Br)cs1)c1ccc(NC(N)=O)cc1. The Morgan fingerprint density at radius 3 is 2.43 bits per heavy atom. The van der Waals surface area contributed by atoms with Gasteiger partial charge in [0.25, 0.3) is 0 Å². The Labute approximate surface area is 136 Å². The Hall–Kier alpha value is -1.37. The second-order valence-corrected chi connectivity index (χ2v) is 6.75. The van der Waals surface area contributed by atoms with Gasteiger partial charge in [-0.15, -0.1) is 11.3 Å². The quantitative estimate of drug-likeness (QED) is 0.732. The molecule has 0 saturated carbocycles. The zero-order chi connectivity index (χ0) is 15.4. The molecule has 2 amide bonds. The third-order valence-electron chi connectivity index (χ3n) is 3.19. The molecule has 2 rings (SSSR count). The van der Waals surface area contributed by atoms with Gasteiger partial charge in [0.15, 0.2) is 0 Å². The lowest BCUT2D eigenvalue weighted by atomic mass is 10.1. The van der Waals surface area contributed by atoms with E-state index < -0.39 is 6.03 Å². The number of benzene rings is 1. The Bertz CT molecular complexity index is 612. The summed E-state index contributed by atoms with van der Waals surface area (Å²) in [5.74, 6) is 0. The summed E-state index contributed by atoms with van der Waals surface area (Å²) < 4.78 is 1.12. The van der Waals surface area contributed by atoms with Crippen molar-refractivity contribution in [2.24, 2.45) is 5.73 Å². The molecule has 1 aromatic heterocycles. The van der Waals surface area contributed by atoms with Crippen molar-refractivity contribution in [2.45, 2.75) is 25.9 Å². The Balaban J connectivity index is 1.99. The Morgan fingerprint density at radius 2 is 1.90 bits per heavy atom. The molecule has 0 saturated heterocycles. The molecule has 2 unspecified atom stereocenters. The number of carbonyl (C=O) groups excluding carboxylic acids is 1. The van der Waals surface area contributed by atoms with Crippen molar-refractivity contribution in [1.29, 1.82) is 0 Å². The zero-order valence-electron chi connectivity index (χ0n) is 11.9. The number of anilines is 1. The number of hydrogen-bond donors (Lipinski definition) is 3. The summed E-state index contributed by atoms with van der Waals surface area (Å²) in [4.78, 5) is 12.1. The largest absolute Gasteiger partial charge is 0.351 e. The maximum absolute atomic E-state index is 10.8. The summed E-state index contributed by atoms with van der Waals surface area (Å²) >= 11 is 5.21. The van der Waals surface area contributed by atoms with Gasteiger partial charge >= 0.3 is 6.03 Å². The van der Waals surface area contributed by atoms with Crippen LogP contribution in [0.15, 0.2) is 40.2 Å². The monoisotopic (exact) mass is 367 g/mol. The number of amides is 2. The van der Waals surface area contributed by atoms with E-state index in [1.807, 2.05) is 24.3 Å². The van der Waals surface area contributed by atoms with Crippen LogP contribution in [0.25, 0.3) is 0 Å². The fourth-order valence-corrected chi connectivity index (χ4v) is 3.57. The van der Waals surface area contributed by atoms with Gasteiger partial charge in [0.2, 0.25) is 0 Å². The zero-order valence-corrected chi connectivity index (χ0v) is 14.3. The van der Waals surface area contributed by atoms with Gasteiger partial charge < -0.3 is 16.4 Å². The lowest BCUT2D eigenvalue weighted by molar-refractivity contribution is 0.259. The van der Waals surface area contributed by atoms with Gasteiger partial charge in [0, 0.05) is 32.5 Å². The smallest absolute Gasteiger partial charge is 0.316 e. The third kappa shape index (κ3) is 4.56. The minimum atomic E-state index is -0.550. The first-order valence-corrected chi connectivity index (χ1v) is 8.29. The standard InChI is InChI=1S/C15H18BrN3OS/c1-9(18-10(2)14-7-12(16)8-21-14)11-3-5-13(6-4-11)19-15(17)20/h3-10,18H,1-2H3,(H3,17,19,20). The molecule has 1 aromatic carbocycles. The second-order valence-electron chi connectivity index (χ2n) is 4.89. The molecule has 21 heavy (non-hydrogen) atoms. The van der Waals surface area contributed by atoms with Gasteiger partial charge in [0.05, 0.1) is 0 Å². The molecule has 2 aromatic rings. The van der Waals surface area contributed by atoms with E-state index in [0.29, 0.717) is 5.69 Å². The molecule has 0 bridgehead atoms. The topological polar surface area (TPSA) is 67.2 Å². The molecule has 4 N–H and O–H groups in total. The van der Waals surface area contributed by atoms with Crippen LogP contribution >= 0.6 is 27.3 Å². The highest BCUT2D eigenvalue weighted by Gasteiger charge is 2.12. The average Bonchev–Trinajstić information content (AvgIpc) is 2.85. The number of nitrogens with one attached hydrogen (secondary N) is 2. The van der Waals surface area contributed by atoms with Gasteiger partial charge in [-0.05, 0) is 53.5 Å². The number of primary amides is 1. The van der Waals surface area contributed by atoms with Crippen LogP contribution in [0.3, 0.4) is 0 Å². The number of rotatable bonds is 5. The molecule has 0 aliphatic rings. The lowest BCUT2D eigenvalue weighted by Gasteiger charge is -2.19. The summed E-state index contributed by atoms with van der Waals surface area (Å²) in [5, 5.41) is 8.20. The molecule has 0 aliphatic carbocycles. The van der Waals surface area contributed by atoms with Gasteiger partial charge in [-0.1, -0.05) is 12.1 Å². The first-order valence-electron chi connectivity index (χ1n) is 6.62. The van der Waals surface area contributed by atoms with Crippen molar-refractivity contribution >= 4 is 39.0 Å². The Kier molecular flexibility index (Phi) is 5.39. The third-order valence-corrected chi connectivity index (χ3v) is 5.07. The predicted molar refractivity (Wildman–Crippen MR) is 91.6 cm³/mol. The first kappa shape index (κ1) is 16.0. The van der Waals surface area contributed by atoms with E-state index in [1.54, 1.807) is 11.3 Å². The molecule has 6 heteroatoms. The van der Waals surface area contributed by atoms with E-state index in [0.717, 1.165) is 10.0 Å². The minimum Gasteiger partial charge on any atom is -0.351 e. The van der Waals surface area contributed by atoms with Crippen LogP contribution in [-0.4, -0.2) is 6.03 Å². The highest BCUT2D eigenvalue weighted by molar-refractivity contribution is 9.10. The summed E-state index contributed by atoms with van der Waals surface area (Å²) in [7, 11) is 0. The van der Waals surface area contributed by atoms with Crippen LogP contribution < -0.4 is 16.4 Å². The van der Waals surface area contributed by atoms with Crippen molar-refractivity contribution < 1.29 is 4.79 Å². The molecule has 0 spiro atoms. The van der Waals surface area contributed by atoms with Crippen LogP contribution in [0.2, 0.25) is 0 Å². The van der Waals surface area contributed by atoms with Crippen molar-refractivity contribution in [1.82, 2.24) is 5.32 Å². The van der Waals surface area contributed by atoms with E-state index in [-0.39, 0.29) is 12.1 Å². The molecule has 0 aliphatic heterocycles. The second kappa shape index (κ2) is 7.06. The molecule has 0 radical (unpaired) electrons. The van der Waals surface area contributed by atoms with Crippen LogP contribution in [0.5, 0.6) is 0 Å². The maximum Gasteiger partial charge on any atom is 0.316 e. The van der Waals surface area contributed by atoms with Crippen LogP contribution in [-0.2, 0) is 0 Å². The number of urea groups is 1. The van der Waals surface area contributed by atoms with E-state index in [1.165, 1.54) is 4.88 Å². The number of carbonyl (C=O) groups is 1. The van der Waals surface area contributed by atoms with E-state index in [2.05, 4.69) is 51.9 Å². The van der Waals surface area contributed by atoms with E-state index >= 15 is 0 Å². The highest BCUT2D eigenvalue weighted by Crippen LogP contribution is 2.27. The van der Waals surface area contributed by atoms with Gasteiger partial charge in [-0.25, -0.2) is 4.79 Å². The van der Waals surface area contributed by atoms with Gasteiger partial charge in [-0.2, -0.15) is 0 Å². The lowest BCUT2D eigenvalue weighted by Crippen LogP contribution is -2.22. The van der Waals surface area contributed by atoms with E-state index in [4.69, 9.17) is 5.73 Å². The van der Waals surface area contributed by atoms with Gasteiger partial charge in [-0.3, -0.25) is 0 Å². The molecule has 0 fully saturated rings. The van der Waals surface area contributed by atoms with Crippen molar-refractivity contribution in [2.75, 3.05) is 5.32 Å². The number of thiophene rings is 1. The van der Waals surface area contributed by atoms with Crippen molar-refractivity contribution in [3.63, 3.8) is 0 Å². The van der Waals surface area contributed by atoms with Crippen LogP contribution in [0, 0.1) is 0 Å². The van der Waals surface area contributed by atoms with E-state index in [9.17, 15) is 4.79 Å². The number of halogens is 1.